The van der Waals surface area contributed by atoms with E-state index in [1.807, 2.05) is 65.6 Å². The minimum Gasteiger partial charge on any atom is -0.378 e. The van der Waals surface area contributed by atoms with Gasteiger partial charge in [-0.25, -0.2) is 0 Å². The maximum absolute atomic E-state index is 12.7. The van der Waals surface area contributed by atoms with Crippen molar-refractivity contribution in [3.63, 3.8) is 0 Å². The predicted molar refractivity (Wildman–Crippen MR) is 93.3 cm³/mol. The number of aliphatic hydroxyl groups is 1. The molecule has 1 amide bonds. The first-order valence-corrected chi connectivity index (χ1v) is 8.85. The summed E-state index contributed by atoms with van der Waals surface area (Å²) in [6.07, 6.45) is 3.78. The normalized spacial score (nSPS) is 21.0. The van der Waals surface area contributed by atoms with Crippen LogP contribution in [0.3, 0.4) is 0 Å². The molecular formula is C21H23NO2. The molecule has 1 aliphatic heterocycles. The summed E-state index contributed by atoms with van der Waals surface area (Å²) >= 11 is 0. The lowest BCUT2D eigenvalue weighted by Gasteiger charge is -2.40. The van der Waals surface area contributed by atoms with Crippen molar-refractivity contribution in [2.45, 2.75) is 37.3 Å². The van der Waals surface area contributed by atoms with Gasteiger partial charge < -0.3 is 10.0 Å². The second-order valence-electron chi connectivity index (χ2n) is 6.96. The third kappa shape index (κ3) is 2.53. The van der Waals surface area contributed by atoms with Gasteiger partial charge in [0.05, 0.1) is 6.04 Å². The molecule has 1 heterocycles. The van der Waals surface area contributed by atoms with Crippen LogP contribution in [0.5, 0.6) is 0 Å². The summed E-state index contributed by atoms with van der Waals surface area (Å²) in [6, 6.07) is 19.4. The summed E-state index contributed by atoms with van der Waals surface area (Å²) in [5.74, 6) is 0.407. The molecule has 0 bridgehead atoms. The molecular weight excluding hydrogens is 298 g/mol. The predicted octanol–water partition coefficient (Wildman–Crippen LogP) is 3.32. The van der Waals surface area contributed by atoms with E-state index in [0.717, 1.165) is 43.4 Å². The molecule has 1 atom stereocenters. The van der Waals surface area contributed by atoms with Crippen LogP contribution in [0.4, 0.5) is 0 Å². The second-order valence-corrected chi connectivity index (χ2v) is 6.96. The maximum atomic E-state index is 12.7. The van der Waals surface area contributed by atoms with E-state index in [1.54, 1.807) is 0 Å². The molecule has 1 saturated carbocycles. The highest BCUT2D eigenvalue weighted by Gasteiger charge is 2.49. The summed E-state index contributed by atoms with van der Waals surface area (Å²) in [5, 5.41) is 11.9. The summed E-state index contributed by atoms with van der Waals surface area (Å²) in [4.78, 5) is 14.7. The van der Waals surface area contributed by atoms with Gasteiger partial charge in [0.25, 0.3) is 0 Å². The highest BCUT2D eigenvalue weighted by Crippen LogP contribution is 2.42. The fourth-order valence-electron chi connectivity index (χ4n) is 3.97. The van der Waals surface area contributed by atoms with E-state index in [-0.39, 0.29) is 17.9 Å². The zero-order valence-corrected chi connectivity index (χ0v) is 13.8. The number of likely N-dealkylation sites (tertiary alicyclic amines) is 1. The topological polar surface area (TPSA) is 40.5 Å². The van der Waals surface area contributed by atoms with Gasteiger partial charge in [0.2, 0.25) is 5.91 Å². The zero-order valence-electron chi connectivity index (χ0n) is 13.8. The van der Waals surface area contributed by atoms with Crippen molar-refractivity contribution in [1.82, 2.24) is 4.90 Å². The first kappa shape index (κ1) is 15.4. The van der Waals surface area contributed by atoms with Crippen molar-refractivity contribution in [2.75, 3.05) is 6.54 Å². The van der Waals surface area contributed by atoms with E-state index in [1.165, 1.54) is 0 Å². The average Bonchev–Trinajstić information content (AvgIpc) is 3.38. The van der Waals surface area contributed by atoms with Crippen LogP contribution in [0.2, 0.25) is 0 Å². The minimum atomic E-state index is -1.16. The van der Waals surface area contributed by atoms with Crippen LogP contribution in [0, 0.1) is 5.92 Å². The SMILES string of the molecule is O=C(C1CC1)N1CCC[C@@H]1C(O)(c1ccccc1)c1ccccc1. The summed E-state index contributed by atoms with van der Waals surface area (Å²) in [5.41, 5.74) is 0.553. The summed E-state index contributed by atoms with van der Waals surface area (Å²) < 4.78 is 0. The molecule has 2 aromatic carbocycles. The largest absolute Gasteiger partial charge is 0.378 e. The summed E-state index contributed by atoms with van der Waals surface area (Å²) in [7, 11) is 0. The molecule has 1 N–H and O–H groups in total. The van der Waals surface area contributed by atoms with E-state index in [4.69, 9.17) is 0 Å². The molecule has 124 valence electrons. The van der Waals surface area contributed by atoms with Gasteiger partial charge in [-0.05, 0) is 36.8 Å². The van der Waals surface area contributed by atoms with Gasteiger partial charge >= 0.3 is 0 Å². The average molecular weight is 321 g/mol. The fourth-order valence-corrected chi connectivity index (χ4v) is 3.97. The van der Waals surface area contributed by atoms with Gasteiger partial charge in [0.1, 0.15) is 5.60 Å². The molecule has 4 rings (SSSR count). The Labute approximate surface area is 142 Å². The Morgan fingerprint density at radius 1 is 0.917 bits per heavy atom. The molecule has 2 aliphatic rings. The van der Waals surface area contributed by atoms with Gasteiger partial charge in [0, 0.05) is 12.5 Å². The highest BCUT2D eigenvalue weighted by molar-refractivity contribution is 5.82. The van der Waals surface area contributed by atoms with Crippen molar-refractivity contribution in [3.05, 3.63) is 71.8 Å². The molecule has 3 nitrogen and oxygen atoms in total. The Kier molecular flexibility index (Phi) is 3.89. The van der Waals surface area contributed by atoms with Gasteiger partial charge in [-0.1, -0.05) is 60.7 Å². The Morgan fingerprint density at radius 2 is 1.46 bits per heavy atom. The van der Waals surface area contributed by atoms with E-state index in [0.29, 0.717) is 0 Å². The molecule has 2 aromatic rings. The minimum absolute atomic E-state index is 0.182. The fraction of sp³-hybridized carbons (Fsp3) is 0.381. The van der Waals surface area contributed by atoms with Crippen molar-refractivity contribution in [3.8, 4) is 0 Å². The first-order chi connectivity index (χ1) is 11.7. The first-order valence-electron chi connectivity index (χ1n) is 8.85. The quantitative estimate of drug-likeness (QED) is 0.938. The third-order valence-electron chi connectivity index (χ3n) is 5.37. The molecule has 0 unspecified atom stereocenters. The number of carbonyl (C=O) groups is 1. The molecule has 0 radical (unpaired) electrons. The van der Waals surface area contributed by atoms with Crippen LogP contribution in [0.25, 0.3) is 0 Å². The Hall–Kier alpha value is -2.13. The van der Waals surface area contributed by atoms with E-state index in [2.05, 4.69) is 0 Å². The van der Waals surface area contributed by atoms with Crippen molar-refractivity contribution in [1.29, 1.82) is 0 Å². The Balaban J connectivity index is 1.79. The number of hydrogen-bond donors (Lipinski definition) is 1. The number of amides is 1. The lowest BCUT2D eigenvalue weighted by molar-refractivity contribution is -0.138. The van der Waals surface area contributed by atoms with Crippen LogP contribution in [-0.2, 0) is 10.4 Å². The molecule has 0 spiro atoms. The Morgan fingerprint density at radius 3 is 1.96 bits per heavy atom. The lowest BCUT2D eigenvalue weighted by Crippen LogP contribution is -2.50. The molecule has 24 heavy (non-hydrogen) atoms. The second kappa shape index (κ2) is 6.06. The number of hydrogen-bond acceptors (Lipinski definition) is 2. The van der Waals surface area contributed by atoms with Crippen LogP contribution in [-0.4, -0.2) is 28.5 Å². The standard InChI is InChI=1S/C21H23NO2/c23-20(16-13-14-16)22-15-7-12-19(22)21(24,17-8-3-1-4-9-17)18-10-5-2-6-11-18/h1-6,8-11,16,19,24H,7,12-15H2/t19-/m1/s1. The molecule has 1 aliphatic carbocycles. The molecule has 2 fully saturated rings. The van der Waals surface area contributed by atoms with Crippen LogP contribution in [0.15, 0.2) is 60.7 Å². The summed E-state index contributed by atoms with van der Waals surface area (Å²) in [6.45, 7) is 0.752. The van der Waals surface area contributed by atoms with E-state index < -0.39 is 5.60 Å². The van der Waals surface area contributed by atoms with Crippen LogP contribution < -0.4 is 0 Å². The van der Waals surface area contributed by atoms with Gasteiger partial charge in [-0.3, -0.25) is 4.79 Å². The Bertz CT molecular complexity index is 670. The monoisotopic (exact) mass is 321 g/mol. The van der Waals surface area contributed by atoms with Gasteiger partial charge in [-0.2, -0.15) is 0 Å². The zero-order chi connectivity index (χ0) is 16.6. The van der Waals surface area contributed by atoms with Crippen molar-refractivity contribution >= 4 is 5.91 Å². The number of carbonyl (C=O) groups excluding carboxylic acids is 1. The third-order valence-corrected chi connectivity index (χ3v) is 5.37. The maximum Gasteiger partial charge on any atom is 0.226 e. The molecule has 3 heteroatoms. The van der Waals surface area contributed by atoms with Crippen molar-refractivity contribution in [2.24, 2.45) is 5.92 Å². The van der Waals surface area contributed by atoms with Gasteiger partial charge in [-0.15, -0.1) is 0 Å². The lowest BCUT2D eigenvalue weighted by atomic mass is 9.79. The van der Waals surface area contributed by atoms with E-state index in [9.17, 15) is 9.90 Å². The number of benzene rings is 2. The van der Waals surface area contributed by atoms with Gasteiger partial charge in [0.15, 0.2) is 0 Å². The highest BCUT2D eigenvalue weighted by atomic mass is 16.3. The molecule has 0 aromatic heterocycles. The van der Waals surface area contributed by atoms with Crippen LogP contribution >= 0.6 is 0 Å². The van der Waals surface area contributed by atoms with E-state index >= 15 is 0 Å². The molecule has 1 saturated heterocycles. The number of rotatable bonds is 4. The van der Waals surface area contributed by atoms with Crippen molar-refractivity contribution < 1.29 is 9.90 Å². The smallest absolute Gasteiger partial charge is 0.226 e. The van der Waals surface area contributed by atoms with Crippen LogP contribution in [0.1, 0.15) is 36.8 Å². The number of nitrogens with zero attached hydrogens (tertiary/aromatic N) is 1.